The van der Waals surface area contributed by atoms with Gasteiger partial charge in [-0.25, -0.2) is 0 Å². The molecule has 0 bridgehead atoms. The predicted molar refractivity (Wildman–Crippen MR) is 131 cm³/mol. The summed E-state index contributed by atoms with van der Waals surface area (Å²) < 4.78 is 0. The summed E-state index contributed by atoms with van der Waals surface area (Å²) in [6.45, 7) is 8.30. The first-order valence-electron chi connectivity index (χ1n) is 11.5. The SMILES string of the molecule is CC[C@@H](C)NC(=O)[C@H](C)N(Cc1cccc(C)c1)C(=O)CCc1cccc2ccccc12. The number of aryl methyl sites for hydroxylation is 2. The third-order valence-electron chi connectivity index (χ3n) is 6.09. The van der Waals surface area contributed by atoms with Gasteiger partial charge in [0, 0.05) is 19.0 Å². The Morgan fingerprint density at radius 2 is 1.69 bits per heavy atom. The number of hydrogen-bond donors (Lipinski definition) is 1. The lowest BCUT2D eigenvalue weighted by atomic mass is 10.0. The van der Waals surface area contributed by atoms with E-state index in [1.54, 1.807) is 4.90 Å². The van der Waals surface area contributed by atoms with Crippen molar-refractivity contribution in [1.29, 1.82) is 0 Å². The number of rotatable bonds is 9. The van der Waals surface area contributed by atoms with Crippen LogP contribution >= 0.6 is 0 Å². The van der Waals surface area contributed by atoms with E-state index in [1.807, 2.05) is 64.1 Å². The molecule has 0 aliphatic rings. The smallest absolute Gasteiger partial charge is 0.242 e. The molecule has 32 heavy (non-hydrogen) atoms. The van der Waals surface area contributed by atoms with E-state index < -0.39 is 6.04 Å². The van der Waals surface area contributed by atoms with Crippen molar-refractivity contribution < 1.29 is 9.59 Å². The van der Waals surface area contributed by atoms with Crippen LogP contribution in [0.2, 0.25) is 0 Å². The Kier molecular flexibility index (Phi) is 8.04. The Labute approximate surface area is 191 Å². The Bertz CT molecular complexity index is 1070. The molecule has 0 spiro atoms. The van der Waals surface area contributed by atoms with Crippen molar-refractivity contribution in [3.8, 4) is 0 Å². The minimum Gasteiger partial charge on any atom is -0.352 e. The molecule has 168 valence electrons. The number of carbonyl (C=O) groups excluding carboxylic acids is 2. The molecule has 3 rings (SSSR count). The highest BCUT2D eigenvalue weighted by Gasteiger charge is 2.26. The highest BCUT2D eigenvalue weighted by Crippen LogP contribution is 2.21. The Morgan fingerprint density at radius 3 is 2.44 bits per heavy atom. The van der Waals surface area contributed by atoms with Crippen molar-refractivity contribution in [3.63, 3.8) is 0 Å². The molecule has 3 aromatic carbocycles. The van der Waals surface area contributed by atoms with Gasteiger partial charge in [0.15, 0.2) is 0 Å². The van der Waals surface area contributed by atoms with E-state index in [-0.39, 0.29) is 17.9 Å². The number of fused-ring (bicyclic) bond motifs is 1. The van der Waals surface area contributed by atoms with E-state index in [2.05, 4.69) is 35.6 Å². The van der Waals surface area contributed by atoms with Crippen LogP contribution in [0.5, 0.6) is 0 Å². The van der Waals surface area contributed by atoms with Crippen molar-refractivity contribution in [3.05, 3.63) is 83.4 Å². The van der Waals surface area contributed by atoms with Gasteiger partial charge in [0.1, 0.15) is 6.04 Å². The number of hydrogen-bond acceptors (Lipinski definition) is 2. The summed E-state index contributed by atoms with van der Waals surface area (Å²) >= 11 is 0. The van der Waals surface area contributed by atoms with Gasteiger partial charge in [-0.15, -0.1) is 0 Å². The second-order valence-electron chi connectivity index (χ2n) is 8.64. The van der Waals surface area contributed by atoms with Crippen LogP contribution in [-0.2, 0) is 22.6 Å². The second kappa shape index (κ2) is 10.9. The van der Waals surface area contributed by atoms with Crippen LogP contribution in [0.15, 0.2) is 66.7 Å². The molecular weight excluding hydrogens is 396 g/mol. The van der Waals surface area contributed by atoms with Gasteiger partial charge in [0.2, 0.25) is 11.8 Å². The highest BCUT2D eigenvalue weighted by molar-refractivity contribution is 5.89. The number of nitrogens with zero attached hydrogens (tertiary/aromatic N) is 1. The fourth-order valence-electron chi connectivity index (χ4n) is 3.95. The number of benzene rings is 3. The van der Waals surface area contributed by atoms with E-state index in [4.69, 9.17) is 0 Å². The minimum absolute atomic E-state index is 0.00811. The summed E-state index contributed by atoms with van der Waals surface area (Å²) in [5.41, 5.74) is 3.33. The molecule has 3 aromatic rings. The summed E-state index contributed by atoms with van der Waals surface area (Å²) in [7, 11) is 0. The average molecular weight is 431 g/mol. The quantitative estimate of drug-likeness (QED) is 0.493. The first-order valence-corrected chi connectivity index (χ1v) is 11.5. The number of carbonyl (C=O) groups is 2. The Hall–Kier alpha value is -3.14. The van der Waals surface area contributed by atoms with E-state index in [0.717, 1.165) is 23.1 Å². The second-order valence-corrected chi connectivity index (χ2v) is 8.64. The molecule has 4 nitrogen and oxygen atoms in total. The van der Waals surface area contributed by atoms with Crippen molar-refractivity contribution >= 4 is 22.6 Å². The highest BCUT2D eigenvalue weighted by atomic mass is 16.2. The fourth-order valence-corrected chi connectivity index (χ4v) is 3.95. The molecule has 0 heterocycles. The van der Waals surface area contributed by atoms with E-state index in [9.17, 15) is 9.59 Å². The maximum absolute atomic E-state index is 13.4. The van der Waals surface area contributed by atoms with Crippen molar-refractivity contribution in [2.24, 2.45) is 0 Å². The molecule has 0 fully saturated rings. The van der Waals surface area contributed by atoms with Crippen LogP contribution < -0.4 is 5.32 Å². The standard InChI is InChI=1S/C28H34N2O2/c1-5-21(3)29-28(32)22(4)30(19-23-11-8-10-20(2)18-23)27(31)17-16-25-14-9-13-24-12-6-7-15-26(24)25/h6-15,18,21-22H,5,16-17,19H2,1-4H3,(H,29,32)/t21-,22+/m1/s1. The van der Waals surface area contributed by atoms with Gasteiger partial charge < -0.3 is 10.2 Å². The van der Waals surface area contributed by atoms with Crippen LogP contribution in [0, 0.1) is 6.92 Å². The van der Waals surface area contributed by atoms with Crippen molar-refractivity contribution in [2.75, 3.05) is 0 Å². The molecular formula is C28H34N2O2. The molecule has 0 aromatic heterocycles. The number of nitrogens with one attached hydrogen (secondary N) is 1. The maximum Gasteiger partial charge on any atom is 0.242 e. The van der Waals surface area contributed by atoms with Gasteiger partial charge in [-0.3, -0.25) is 9.59 Å². The van der Waals surface area contributed by atoms with Gasteiger partial charge in [0.05, 0.1) is 0 Å². The Balaban J connectivity index is 1.79. The van der Waals surface area contributed by atoms with Crippen LogP contribution in [-0.4, -0.2) is 28.8 Å². The third-order valence-corrected chi connectivity index (χ3v) is 6.09. The largest absolute Gasteiger partial charge is 0.352 e. The lowest BCUT2D eigenvalue weighted by molar-refractivity contribution is -0.140. The summed E-state index contributed by atoms with van der Waals surface area (Å²) in [5.74, 6) is -0.114. The lowest BCUT2D eigenvalue weighted by Gasteiger charge is -2.30. The molecule has 0 aliphatic heterocycles. The zero-order chi connectivity index (χ0) is 23.1. The first kappa shape index (κ1) is 23.5. The topological polar surface area (TPSA) is 49.4 Å². The summed E-state index contributed by atoms with van der Waals surface area (Å²) in [6, 6.07) is 22.1. The van der Waals surface area contributed by atoms with Crippen LogP contribution in [0.3, 0.4) is 0 Å². The molecule has 0 saturated heterocycles. The first-order chi connectivity index (χ1) is 15.4. The molecule has 2 atom stereocenters. The predicted octanol–water partition coefficient (Wildman–Crippen LogP) is 5.41. The fraction of sp³-hybridized carbons (Fsp3) is 0.357. The van der Waals surface area contributed by atoms with E-state index in [1.165, 1.54) is 10.8 Å². The summed E-state index contributed by atoms with van der Waals surface area (Å²) in [5, 5.41) is 5.38. The molecule has 1 N–H and O–H groups in total. The van der Waals surface area contributed by atoms with Crippen LogP contribution in [0.1, 0.15) is 50.3 Å². The minimum atomic E-state index is -0.537. The van der Waals surface area contributed by atoms with Gasteiger partial charge in [-0.05, 0) is 55.5 Å². The third kappa shape index (κ3) is 5.97. The zero-order valence-electron chi connectivity index (χ0n) is 19.6. The van der Waals surface area contributed by atoms with E-state index >= 15 is 0 Å². The van der Waals surface area contributed by atoms with Crippen molar-refractivity contribution in [1.82, 2.24) is 10.2 Å². The van der Waals surface area contributed by atoms with E-state index in [0.29, 0.717) is 19.4 Å². The molecule has 4 heteroatoms. The van der Waals surface area contributed by atoms with Gasteiger partial charge in [-0.1, -0.05) is 79.2 Å². The molecule has 0 aliphatic carbocycles. The van der Waals surface area contributed by atoms with Gasteiger partial charge >= 0.3 is 0 Å². The molecule has 0 unspecified atom stereocenters. The average Bonchev–Trinajstić information content (AvgIpc) is 2.80. The molecule has 0 radical (unpaired) electrons. The van der Waals surface area contributed by atoms with Gasteiger partial charge in [0.25, 0.3) is 0 Å². The van der Waals surface area contributed by atoms with Crippen LogP contribution in [0.25, 0.3) is 10.8 Å². The van der Waals surface area contributed by atoms with Crippen LogP contribution in [0.4, 0.5) is 0 Å². The zero-order valence-corrected chi connectivity index (χ0v) is 19.6. The molecule has 0 saturated carbocycles. The van der Waals surface area contributed by atoms with Gasteiger partial charge in [-0.2, -0.15) is 0 Å². The summed E-state index contributed by atoms with van der Waals surface area (Å²) in [6.07, 6.45) is 1.86. The van der Waals surface area contributed by atoms with Crippen molar-refractivity contribution in [2.45, 2.75) is 65.6 Å². The summed E-state index contributed by atoms with van der Waals surface area (Å²) in [4.78, 5) is 28.0. The monoisotopic (exact) mass is 430 g/mol. The molecule has 2 amide bonds. The Morgan fingerprint density at radius 1 is 0.969 bits per heavy atom. The number of amides is 2. The lowest BCUT2D eigenvalue weighted by Crippen LogP contribution is -2.49. The normalized spacial score (nSPS) is 12.9. The maximum atomic E-state index is 13.4.